The summed E-state index contributed by atoms with van der Waals surface area (Å²) in [4.78, 5) is 29.6. The van der Waals surface area contributed by atoms with E-state index in [4.69, 9.17) is 17.3 Å². The van der Waals surface area contributed by atoms with Gasteiger partial charge in [0.15, 0.2) is 11.0 Å². The number of nitro benzene ring substituents is 1. The number of carbonyl (C=O) groups is 1. The van der Waals surface area contributed by atoms with E-state index < -0.39 is 10.8 Å². The minimum atomic E-state index is -0.712. The number of para-hydroxylation sites is 1. The van der Waals surface area contributed by atoms with Crippen molar-refractivity contribution in [3.8, 4) is 0 Å². The van der Waals surface area contributed by atoms with Crippen LogP contribution < -0.4 is 16.6 Å². The fraction of sp³-hybridized carbons (Fsp3) is 0. The van der Waals surface area contributed by atoms with Crippen molar-refractivity contribution < 1.29 is 9.72 Å². The Hall–Kier alpha value is -2.94. The lowest BCUT2D eigenvalue weighted by atomic mass is 10.2. The third-order valence-electron chi connectivity index (χ3n) is 2.48. The summed E-state index contributed by atoms with van der Waals surface area (Å²) >= 11 is 5.69. The molecule has 2 rings (SSSR count). The Labute approximate surface area is 123 Å². The number of nitrogens with zero attached hydrogens (tertiary/aromatic N) is 3. The van der Waals surface area contributed by atoms with Crippen molar-refractivity contribution in [2.75, 3.05) is 11.2 Å². The van der Waals surface area contributed by atoms with Gasteiger partial charge in [0.25, 0.3) is 11.6 Å². The van der Waals surface area contributed by atoms with E-state index in [0.29, 0.717) is 0 Å². The lowest BCUT2D eigenvalue weighted by Gasteiger charge is -2.10. The topological polar surface area (TPSA) is 136 Å². The Morgan fingerprint density at radius 3 is 2.76 bits per heavy atom. The number of nitrogens with one attached hydrogen (secondary N) is 2. The van der Waals surface area contributed by atoms with Crippen LogP contribution in [0.3, 0.4) is 0 Å². The summed E-state index contributed by atoms with van der Waals surface area (Å²) in [6.45, 7) is 0. The minimum Gasteiger partial charge on any atom is -0.393 e. The molecule has 0 radical (unpaired) electrons. The van der Waals surface area contributed by atoms with Crippen molar-refractivity contribution in [3.05, 3.63) is 51.4 Å². The number of carbonyl (C=O) groups excluding carboxylic acids is 1. The van der Waals surface area contributed by atoms with Gasteiger partial charge in [-0.15, -0.1) is 0 Å². The quantitative estimate of drug-likeness (QED) is 0.441. The molecule has 0 bridgehead atoms. The third kappa shape index (κ3) is 3.15. The molecule has 1 amide bonds. The van der Waals surface area contributed by atoms with Crippen LogP contribution in [0.1, 0.15) is 10.4 Å². The summed E-state index contributed by atoms with van der Waals surface area (Å²) in [7, 11) is 0. The molecule has 0 aliphatic heterocycles. The van der Waals surface area contributed by atoms with E-state index in [1.165, 1.54) is 24.3 Å². The number of rotatable bonds is 4. The number of nitrogens with two attached hydrogens (primary N) is 1. The molecule has 1 aromatic carbocycles. The van der Waals surface area contributed by atoms with Crippen molar-refractivity contribution in [2.45, 2.75) is 0 Å². The predicted octanol–water partition coefficient (Wildman–Crippen LogP) is 1.38. The van der Waals surface area contributed by atoms with E-state index in [2.05, 4.69) is 20.8 Å². The fourth-order valence-corrected chi connectivity index (χ4v) is 1.61. The molecule has 0 saturated heterocycles. The van der Waals surface area contributed by atoms with Gasteiger partial charge in [-0.3, -0.25) is 25.8 Å². The normalized spacial score (nSPS) is 9.95. The second-order valence-corrected chi connectivity index (χ2v) is 4.14. The zero-order valence-corrected chi connectivity index (χ0v) is 11.2. The second-order valence-electron chi connectivity index (χ2n) is 3.78. The summed E-state index contributed by atoms with van der Waals surface area (Å²) in [5.74, 6) is -0.627. The van der Waals surface area contributed by atoms with Gasteiger partial charge in [0.2, 0.25) is 0 Å². The van der Waals surface area contributed by atoms with Crippen molar-refractivity contribution in [2.24, 2.45) is 0 Å². The first-order valence-electron chi connectivity index (χ1n) is 5.56. The van der Waals surface area contributed by atoms with Crippen LogP contribution in [0, 0.1) is 10.1 Å². The van der Waals surface area contributed by atoms with Gasteiger partial charge >= 0.3 is 0 Å². The molecule has 21 heavy (non-hydrogen) atoms. The molecule has 0 atom stereocenters. The molecule has 0 aliphatic rings. The average Bonchev–Trinajstić information content (AvgIpc) is 2.48. The Bertz CT molecular complexity index is 708. The lowest BCUT2D eigenvalue weighted by Crippen LogP contribution is -2.30. The highest BCUT2D eigenvalue weighted by Gasteiger charge is 2.19. The van der Waals surface area contributed by atoms with Crippen molar-refractivity contribution in [1.29, 1.82) is 0 Å². The Morgan fingerprint density at radius 2 is 2.05 bits per heavy atom. The highest BCUT2D eigenvalue weighted by atomic mass is 35.5. The first-order chi connectivity index (χ1) is 10.0. The van der Waals surface area contributed by atoms with Crippen LogP contribution in [-0.2, 0) is 0 Å². The summed E-state index contributed by atoms with van der Waals surface area (Å²) < 4.78 is 0. The van der Waals surface area contributed by atoms with E-state index in [9.17, 15) is 14.9 Å². The summed E-state index contributed by atoms with van der Waals surface area (Å²) in [6.07, 6.45) is 1.15. The van der Waals surface area contributed by atoms with Crippen LogP contribution >= 0.6 is 11.6 Å². The van der Waals surface area contributed by atoms with Crippen LogP contribution in [0.4, 0.5) is 17.2 Å². The summed E-state index contributed by atoms with van der Waals surface area (Å²) in [6, 6.07) is 5.53. The van der Waals surface area contributed by atoms with Crippen molar-refractivity contribution in [1.82, 2.24) is 15.4 Å². The predicted molar refractivity (Wildman–Crippen MR) is 75.6 cm³/mol. The number of hydrogen-bond acceptors (Lipinski definition) is 7. The van der Waals surface area contributed by atoms with Gasteiger partial charge in [-0.05, 0) is 6.07 Å². The van der Waals surface area contributed by atoms with Crippen LogP contribution in [0.5, 0.6) is 0 Å². The van der Waals surface area contributed by atoms with Crippen molar-refractivity contribution >= 4 is 34.7 Å². The maximum atomic E-state index is 11.9. The zero-order valence-electron chi connectivity index (χ0n) is 10.4. The van der Waals surface area contributed by atoms with Gasteiger partial charge in [0.1, 0.15) is 17.6 Å². The third-order valence-corrected chi connectivity index (χ3v) is 2.78. The molecule has 0 aliphatic carbocycles. The number of halogens is 1. The van der Waals surface area contributed by atoms with E-state index in [1.807, 2.05) is 0 Å². The standard InChI is InChI=1S/C11H9ClN6O3/c12-9-8(13)10(15-5-14-9)16-17-11(19)6-3-1-2-4-7(6)18(20)21/h1-5H,13H2,(H,17,19)(H,14,15,16). The molecule has 4 N–H and O–H groups in total. The van der Waals surface area contributed by atoms with Crippen LogP contribution in [0.25, 0.3) is 0 Å². The molecule has 0 spiro atoms. The lowest BCUT2D eigenvalue weighted by molar-refractivity contribution is -0.385. The van der Waals surface area contributed by atoms with E-state index >= 15 is 0 Å². The Kier molecular flexibility index (Phi) is 4.14. The molecule has 2 aromatic rings. The molecule has 9 nitrogen and oxygen atoms in total. The molecule has 0 unspecified atom stereocenters. The Balaban J connectivity index is 2.16. The number of hydrogen-bond donors (Lipinski definition) is 3. The highest BCUT2D eigenvalue weighted by molar-refractivity contribution is 6.32. The van der Waals surface area contributed by atoms with Crippen molar-refractivity contribution in [3.63, 3.8) is 0 Å². The van der Waals surface area contributed by atoms with Gasteiger partial charge < -0.3 is 5.73 Å². The number of nitro groups is 1. The van der Waals surface area contributed by atoms with Gasteiger partial charge in [0, 0.05) is 6.07 Å². The van der Waals surface area contributed by atoms with Crippen LogP contribution in [0.2, 0.25) is 5.15 Å². The van der Waals surface area contributed by atoms with E-state index in [1.54, 1.807) is 0 Å². The largest absolute Gasteiger partial charge is 0.393 e. The molecule has 10 heteroatoms. The van der Waals surface area contributed by atoms with Gasteiger partial charge in [-0.2, -0.15) is 0 Å². The van der Waals surface area contributed by atoms with Gasteiger partial charge in [-0.25, -0.2) is 9.97 Å². The van der Waals surface area contributed by atoms with Gasteiger partial charge in [0.05, 0.1) is 4.92 Å². The second kappa shape index (κ2) is 6.01. The minimum absolute atomic E-state index is 0.0208. The summed E-state index contributed by atoms with van der Waals surface area (Å²) in [5.41, 5.74) is 9.92. The fourth-order valence-electron chi connectivity index (χ4n) is 1.48. The number of amides is 1. The first kappa shape index (κ1) is 14.5. The molecule has 108 valence electrons. The SMILES string of the molecule is Nc1c(Cl)ncnc1NNC(=O)c1ccccc1[N+](=O)[O-]. The number of aromatic nitrogens is 2. The van der Waals surface area contributed by atoms with Crippen LogP contribution in [0.15, 0.2) is 30.6 Å². The highest BCUT2D eigenvalue weighted by Crippen LogP contribution is 2.21. The first-order valence-corrected chi connectivity index (χ1v) is 5.94. The molecule has 1 aromatic heterocycles. The number of nitrogen functional groups attached to an aromatic ring is 1. The average molecular weight is 309 g/mol. The molecule has 1 heterocycles. The number of hydrazine groups is 1. The van der Waals surface area contributed by atoms with Crippen LogP contribution in [-0.4, -0.2) is 20.8 Å². The van der Waals surface area contributed by atoms with E-state index in [0.717, 1.165) is 6.33 Å². The molecule has 0 fully saturated rings. The van der Waals surface area contributed by atoms with Gasteiger partial charge in [-0.1, -0.05) is 23.7 Å². The van der Waals surface area contributed by atoms with E-state index in [-0.39, 0.29) is 27.9 Å². The maximum absolute atomic E-state index is 11.9. The molecular weight excluding hydrogens is 300 g/mol. The zero-order chi connectivity index (χ0) is 15.4. The number of benzene rings is 1. The monoisotopic (exact) mass is 308 g/mol. The molecular formula is C11H9ClN6O3. The smallest absolute Gasteiger partial charge is 0.282 e. The maximum Gasteiger partial charge on any atom is 0.282 e. The number of anilines is 2. The Morgan fingerprint density at radius 1 is 1.33 bits per heavy atom. The summed E-state index contributed by atoms with van der Waals surface area (Å²) in [5, 5.41) is 10.9. The molecule has 0 saturated carbocycles.